The third kappa shape index (κ3) is 1.59. The van der Waals surface area contributed by atoms with Gasteiger partial charge in [0.05, 0.1) is 18.0 Å². The summed E-state index contributed by atoms with van der Waals surface area (Å²) in [5.41, 5.74) is 4.03. The fourth-order valence-corrected chi connectivity index (χ4v) is 2.30. The van der Waals surface area contributed by atoms with Crippen molar-refractivity contribution in [2.75, 3.05) is 0 Å². The third-order valence-corrected chi connectivity index (χ3v) is 3.29. The first kappa shape index (κ1) is 11.1. The monoisotopic (exact) mass is 265 g/mol. The molecule has 0 spiro atoms. The minimum atomic E-state index is -0.0659. The maximum atomic E-state index is 9.12. The number of nitrogens with one attached hydrogen (secondary N) is 1. The standard InChI is InChI=1S/C14H11N5O/c20-8-9-1-2-10-11(7-16-14(10)17-9)12-3-4-13-15-5-6-19(13)18-12/h1-7,20H,8H2,(H,16,17). The number of aromatic nitrogens is 5. The molecule has 4 aromatic heterocycles. The third-order valence-electron chi connectivity index (χ3n) is 3.29. The average Bonchev–Trinajstić information content (AvgIpc) is 3.11. The van der Waals surface area contributed by atoms with Crippen molar-refractivity contribution in [3.05, 3.63) is 48.5 Å². The lowest BCUT2D eigenvalue weighted by molar-refractivity contribution is 0.277. The lowest BCUT2D eigenvalue weighted by Gasteiger charge is -2.00. The number of pyridine rings is 1. The molecule has 20 heavy (non-hydrogen) atoms. The summed E-state index contributed by atoms with van der Waals surface area (Å²) in [7, 11) is 0. The van der Waals surface area contributed by atoms with Crippen LogP contribution >= 0.6 is 0 Å². The number of fused-ring (bicyclic) bond motifs is 2. The molecule has 4 aromatic rings. The molecule has 2 N–H and O–H groups in total. The summed E-state index contributed by atoms with van der Waals surface area (Å²) in [6.45, 7) is -0.0659. The predicted molar refractivity (Wildman–Crippen MR) is 74.0 cm³/mol. The van der Waals surface area contributed by atoms with Gasteiger partial charge in [-0.15, -0.1) is 0 Å². The second-order valence-corrected chi connectivity index (χ2v) is 4.51. The molecule has 0 unspecified atom stereocenters. The van der Waals surface area contributed by atoms with Gasteiger partial charge >= 0.3 is 0 Å². The highest BCUT2D eigenvalue weighted by Crippen LogP contribution is 2.26. The van der Waals surface area contributed by atoms with Crippen molar-refractivity contribution < 1.29 is 5.11 Å². The number of nitrogens with zero attached hydrogens (tertiary/aromatic N) is 4. The summed E-state index contributed by atoms with van der Waals surface area (Å²) >= 11 is 0. The van der Waals surface area contributed by atoms with Crippen molar-refractivity contribution in [3.8, 4) is 11.3 Å². The molecule has 98 valence electrons. The van der Waals surface area contributed by atoms with E-state index < -0.39 is 0 Å². The Morgan fingerprint density at radius 3 is 3.05 bits per heavy atom. The molecule has 0 saturated carbocycles. The summed E-state index contributed by atoms with van der Waals surface area (Å²) in [4.78, 5) is 11.6. The Morgan fingerprint density at radius 1 is 1.20 bits per heavy atom. The maximum absolute atomic E-state index is 9.12. The summed E-state index contributed by atoms with van der Waals surface area (Å²) in [6.07, 6.45) is 5.41. The van der Waals surface area contributed by atoms with Crippen LogP contribution < -0.4 is 0 Å². The number of H-pyrrole nitrogens is 1. The van der Waals surface area contributed by atoms with E-state index in [1.165, 1.54) is 0 Å². The van der Waals surface area contributed by atoms with Gasteiger partial charge in [-0.1, -0.05) is 0 Å². The molecule has 6 heteroatoms. The molecule has 0 atom stereocenters. The molecule has 0 fully saturated rings. The van der Waals surface area contributed by atoms with E-state index in [-0.39, 0.29) is 6.61 Å². The molecule has 0 bridgehead atoms. The Bertz CT molecular complexity index is 908. The Morgan fingerprint density at radius 2 is 2.15 bits per heavy atom. The van der Waals surface area contributed by atoms with Gasteiger partial charge in [0.15, 0.2) is 5.65 Å². The number of aromatic amines is 1. The van der Waals surface area contributed by atoms with E-state index in [1.54, 1.807) is 10.7 Å². The largest absolute Gasteiger partial charge is 0.390 e. The van der Waals surface area contributed by atoms with Crippen LogP contribution in [0.5, 0.6) is 0 Å². The zero-order chi connectivity index (χ0) is 13.5. The summed E-state index contributed by atoms with van der Waals surface area (Å²) in [6, 6.07) is 7.62. The second kappa shape index (κ2) is 4.14. The van der Waals surface area contributed by atoms with Gasteiger partial charge < -0.3 is 10.1 Å². The number of rotatable bonds is 2. The van der Waals surface area contributed by atoms with Crippen molar-refractivity contribution in [1.29, 1.82) is 0 Å². The molecule has 4 heterocycles. The first-order valence-corrected chi connectivity index (χ1v) is 6.24. The van der Waals surface area contributed by atoms with Gasteiger partial charge in [-0.05, 0) is 24.3 Å². The molecule has 0 amide bonds. The number of aliphatic hydroxyl groups is 1. The highest BCUT2D eigenvalue weighted by atomic mass is 16.3. The molecule has 0 saturated heterocycles. The highest BCUT2D eigenvalue weighted by Gasteiger charge is 2.09. The normalized spacial score (nSPS) is 11.4. The van der Waals surface area contributed by atoms with Crippen molar-refractivity contribution in [1.82, 2.24) is 24.6 Å². The number of hydrogen-bond acceptors (Lipinski definition) is 4. The predicted octanol–water partition coefficient (Wildman–Crippen LogP) is 1.76. The molecule has 0 aliphatic rings. The van der Waals surface area contributed by atoms with Crippen LogP contribution in [0.15, 0.2) is 42.9 Å². The molecule has 4 rings (SSSR count). The minimum absolute atomic E-state index is 0.0659. The van der Waals surface area contributed by atoms with Gasteiger partial charge in [-0.25, -0.2) is 14.5 Å². The molecular weight excluding hydrogens is 254 g/mol. The molecular formula is C14H11N5O. The van der Waals surface area contributed by atoms with Gasteiger partial charge in [0.2, 0.25) is 0 Å². The highest BCUT2D eigenvalue weighted by molar-refractivity contribution is 5.92. The zero-order valence-corrected chi connectivity index (χ0v) is 10.5. The summed E-state index contributed by atoms with van der Waals surface area (Å²) in [5, 5.41) is 14.6. The fourth-order valence-electron chi connectivity index (χ4n) is 2.30. The van der Waals surface area contributed by atoms with E-state index in [4.69, 9.17) is 5.11 Å². The van der Waals surface area contributed by atoms with Crippen LogP contribution in [0.1, 0.15) is 5.69 Å². The van der Waals surface area contributed by atoms with E-state index in [0.717, 1.165) is 27.9 Å². The van der Waals surface area contributed by atoms with Crippen molar-refractivity contribution in [3.63, 3.8) is 0 Å². The van der Waals surface area contributed by atoms with Gasteiger partial charge in [0.25, 0.3) is 0 Å². The van der Waals surface area contributed by atoms with Crippen molar-refractivity contribution in [2.45, 2.75) is 6.61 Å². The van der Waals surface area contributed by atoms with Crippen LogP contribution in [0, 0.1) is 0 Å². The van der Waals surface area contributed by atoms with E-state index in [9.17, 15) is 0 Å². The Kier molecular flexibility index (Phi) is 2.30. The molecule has 0 aliphatic heterocycles. The first-order valence-electron chi connectivity index (χ1n) is 6.24. The lowest BCUT2D eigenvalue weighted by Crippen LogP contribution is -1.93. The van der Waals surface area contributed by atoms with Gasteiger partial charge in [-0.3, -0.25) is 0 Å². The Hall–Kier alpha value is -2.73. The van der Waals surface area contributed by atoms with Crippen LogP contribution in [0.25, 0.3) is 27.9 Å². The molecule has 6 nitrogen and oxygen atoms in total. The van der Waals surface area contributed by atoms with E-state index >= 15 is 0 Å². The van der Waals surface area contributed by atoms with Crippen LogP contribution in [-0.4, -0.2) is 29.7 Å². The van der Waals surface area contributed by atoms with Crippen molar-refractivity contribution >= 4 is 16.7 Å². The fraction of sp³-hybridized carbons (Fsp3) is 0.0714. The van der Waals surface area contributed by atoms with Gasteiger partial charge in [0.1, 0.15) is 5.65 Å². The Balaban J connectivity index is 1.92. The lowest BCUT2D eigenvalue weighted by atomic mass is 10.1. The van der Waals surface area contributed by atoms with Gasteiger partial charge in [0, 0.05) is 29.5 Å². The van der Waals surface area contributed by atoms with Crippen LogP contribution in [0.4, 0.5) is 0 Å². The second-order valence-electron chi connectivity index (χ2n) is 4.51. The number of imidazole rings is 1. The van der Waals surface area contributed by atoms with E-state index in [2.05, 4.69) is 20.1 Å². The maximum Gasteiger partial charge on any atom is 0.153 e. The molecule has 0 radical (unpaired) electrons. The zero-order valence-electron chi connectivity index (χ0n) is 10.5. The summed E-state index contributed by atoms with van der Waals surface area (Å²) in [5.74, 6) is 0. The molecule has 0 aromatic carbocycles. The van der Waals surface area contributed by atoms with E-state index in [1.807, 2.05) is 36.7 Å². The smallest absolute Gasteiger partial charge is 0.153 e. The summed E-state index contributed by atoms with van der Waals surface area (Å²) < 4.78 is 1.74. The average molecular weight is 265 g/mol. The SMILES string of the molecule is OCc1ccc2c(-c3ccc4nccn4n3)c[nH]c2n1. The first-order chi connectivity index (χ1) is 9.85. The van der Waals surface area contributed by atoms with Crippen LogP contribution in [0.2, 0.25) is 0 Å². The minimum Gasteiger partial charge on any atom is -0.390 e. The quantitative estimate of drug-likeness (QED) is 0.579. The van der Waals surface area contributed by atoms with Crippen LogP contribution in [-0.2, 0) is 6.61 Å². The number of hydrogen-bond donors (Lipinski definition) is 2. The van der Waals surface area contributed by atoms with E-state index in [0.29, 0.717) is 5.69 Å². The van der Waals surface area contributed by atoms with Crippen molar-refractivity contribution in [2.24, 2.45) is 0 Å². The topological polar surface area (TPSA) is 79.1 Å². The van der Waals surface area contributed by atoms with Gasteiger partial charge in [-0.2, -0.15) is 5.10 Å². The number of aliphatic hydroxyl groups excluding tert-OH is 1. The molecule has 0 aliphatic carbocycles. The van der Waals surface area contributed by atoms with Crippen LogP contribution in [0.3, 0.4) is 0 Å². The Labute approximate surface area is 113 Å².